The second-order valence-electron chi connectivity index (χ2n) is 5.75. The monoisotopic (exact) mass is 349 g/mol. The minimum Gasteiger partial charge on any atom is -0.375 e. The standard InChI is InChI=1S/C18H15N5O3/c1-26-9-15(24)21-18-19-13-7-6-10(8-14(13)20-18)16-11-4-2-3-5-12(11)17(25)23-22-16/h2-8H,9H2,1H3,(H,23,25)(H2,19,20,21,24). The Kier molecular flexibility index (Phi) is 3.94. The Morgan fingerprint density at radius 3 is 2.81 bits per heavy atom. The van der Waals surface area contributed by atoms with Gasteiger partial charge < -0.3 is 9.72 Å². The van der Waals surface area contributed by atoms with Crippen molar-refractivity contribution in [1.29, 1.82) is 0 Å². The number of aromatic nitrogens is 4. The highest BCUT2D eigenvalue weighted by atomic mass is 16.5. The van der Waals surface area contributed by atoms with E-state index in [0.717, 1.165) is 16.5 Å². The third kappa shape index (κ3) is 2.82. The highest BCUT2D eigenvalue weighted by molar-refractivity contribution is 5.96. The van der Waals surface area contributed by atoms with Crippen LogP contribution in [0.15, 0.2) is 47.3 Å². The number of carbonyl (C=O) groups is 1. The summed E-state index contributed by atoms with van der Waals surface area (Å²) < 4.78 is 4.79. The summed E-state index contributed by atoms with van der Waals surface area (Å²) in [6.07, 6.45) is 0. The first-order valence-electron chi connectivity index (χ1n) is 7.92. The van der Waals surface area contributed by atoms with Gasteiger partial charge in [-0.05, 0) is 18.2 Å². The van der Waals surface area contributed by atoms with Crippen LogP contribution >= 0.6 is 0 Å². The topological polar surface area (TPSA) is 113 Å². The van der Waals surface area contributed by atoms with E-state index in [2.05, 4.69) is 25.5 Å². The molecule has 0 saturated heterocycles. The van der Waals surface area contributed by atoms with Crippen LogP contribution in [0.25, 0.3) is 33.1 Å². The molecule has 0 unspecified atom stereocenters. The molecule has 4 aromatic rings. The number of fused-ring (bicyclic) bond motifs is 2. The molecule has 0 saturated carbocycles. The summed E-state index contributed by atoms with van der Waals surface area (Å²) in [4.78, 5) is 31.0. The van der Waals surface area contributed by atoms with E-state index in [1.54, 1.807) is 6.07 Å². The number of hydrogen-bond donors (Lipinski definition) is 3. The molecule has 0 atom stereocenters. The Labute approximate surface area is 147 Å². The number of benzene rings is 2. The summed E-state index contributed by atoms with van der Waals surface area (Å²) in [7, 11) is 1.45. The largest absolute Gasteiger partial charge is 0.375 e. The third-order valence-electron chi connectivity index (χ3n) is 3.99. The van der Waals surface area contributed by atoms with Gasteiger partial charge in [0.15, 0.2) is 0 Å². The summed E-state index contributed by atoms with van der Waals surface area (Å²) >= 11 is 0. The quantitative estimate of drug-likeness (QED) is 0.522. The van der Waals surface area contributed by atoms with E-state index < -0.39 is 0 Å². The van der Waals surface area contributed by atoms with Gasteiger partial charge in [-0.3, -0.25) is 14.9 Å². The lowest BCUT2D eigenvalue weighted by atomic mass is 10.0. The van der Waals surface area contributed by atoms with E-state index in [1.165, 1.54) is 7.11 Å². The van der Waals surface area contributed by atoms with Gasteiger partial charge in [0.05, 0.1) is 22.1 Å². The second-order valence-corrected chi connectivity index (χ2v) is 5.75. The Morgan fingerprint density at radius 2 is 2.00 bits per heavy atom. The summed E-state index contributed by atoms with van der Waals surface area (Å²) in [6.45, 7) is -0.0460. The number of H-pyrrole nitrogens is 2. The van der Waals surface area contributed by atoms with Crippen LogP contribution in [0.2, 0.25) is 0 Å². The number of methoxy groups -OCH3 is 1. The first kappa shape index (κ1) is 16.0. The Hall–Kier alpha value is -3.52. The van der Waals surface area contributed by atoms with Gasteiger partial charge in [-0.25, -0.2) is 10.1 Å². The van der Waals surface area contributed by atoms with Crippen LogP contribution in [0.4, 0.5) is 5.95 Å². The van der Waals surface area contributed by atoms with Gasteiger partial charge in [0.2, 0.25) is 5.95 Å². The number of ether oxygens (including phenoxy) is 1. The first-order valence-corrected chi connectivity index (χ1v) is 7.92. The fourth-order valence-corrected chi connectivity index (χ4v) is 2.85. The summed E-state index contributed by atoms with van der Waals surface area (Å²) in [5.41, 5.74) is 2.69. The van der Waals surface area contributed by atoms with Crippen LogP contribution < -0.4 is 10.9 Å². The molecule has 26 heavy (non-hydrogen) atoms. The maximum atomic E-state index is 11.9. The number of amides is 1. The van der Waals surface area contributed by atoms with E-state index >= 15 is 0 Å². The zero-order valence-electron chi connectivity index (χ0n) is 13.9. The molecule has 2 aromatic heterocycles. The molecule has 0 aliphatic rings. The summed E-state index contributed by atoms with van der Waals surface area (Å²) in [6, 6.07) is 12.9. The number of anilines is 1. The van der Waals surface area contributed by atoms with Gasteiger partial charge in [-0.1, -0.05) is 24.3 Å². The van der Waals surface area contributed by atoms with Crippen LogP contribution in [-0.4, -0.2) is 39.8 Å². The lowest BCUT2D eigenvalue weighted by Gasteiger charge is -2.04. The zero-order chi connectivity index (χ0) is 18.1. The van der Waals surface area contributed by atoms with Gasteiger partial charge in [0, 0.05) is 18.1 Å². The first-order chi connectivity index (χ1) is 12.7. The highest BCUT2D eigenvalue weighted by Gasteiger charge is 2.11. The van der Waals surface area contributed by atoms with Crippen molar-refractivity contribution in [2.75, 3.05) is 19.0 Å². The number of rotatable bonds is 4. The molecule has 2 aromatic carbocycles. The Morgan fingerprint density at radius 1 is 1.19 bits per heavy atom. The molecule has 8 heteroatoms. The van der Waals surface area contributed by atoms with Gasteiger partial charge >= 0.3 is 0 Å². The fourth-order valence-electron chi connectivity index (χ4n) is 2.85. The molecule has 0 radical (unpaired) electrons. The zero-order valence-corrected chi connectivity index (χ0v) is 13.9. The number of carbonyl (C=O) groups excluding carboxylic acids is 1. The normalized spacial score (nSPS) is 11.1. The van der Waals surface area contributed by atoms with Gasteiger partial charge in [0.1, 0.15) is 6.61 Å². The molecule has 8 nitrogen and oxygen atoms in total. The average molecular weight is 349 g/mol. The van der Waals surface area contributed by atoms with Crippen molar-refractivity contribution < 1.29 is 9.53 Å². The van der Waals surface area contributed by atoms with Crippen LogP contribution in [0.1, 0.15) is 0 Å². The third-order valence-corrected chi connectivity index (χ3v) is 3.99. The van der Waals surface area contributed by atoms with E-state index in [-0.39, 0.29) is 18.1 Å². The Bertz CT molecular complexity index is 1180. The van der Waals surface area contributed by atoms with E-state index in [4.69, 9.17) is 4.74 Å². The SMILES string of the molecule is COCC(=O)Nc1nc2cc(-c3n[nH]c(=O)c4ccccc34)ccc2[nH]1. The smallest absolute Gasteiger partial charge is 0.272 e. The molecule has 0 aliphatic carbocycles. The molecule has 0 fully saturated rings. The molecule has 2 heterocycles. The average Bonchev–Trinajstić information content (AvgIpc) is 3.03. The number of nitrogens with one attached hydrogen (secondary N) is 3. The van der Waals surface area contributed by atoms with Crippen LogP contribution in [0.3, 0.4) is 0 Å². The van der Waals surface area contributed by atoms with Crippen molar-refractivity contribution in [3.05, 3.63) is 52.8 Å². The molecule has 130 valence electrons. The van der Waals surface area contributed by atoms with Crippen LogP contribution in [0, 0.1) is 0 Å². The number of aromatic amines is 2. The number of hydrogen-bond acceptors (Lipinski definition) is 5. The van der Waals surface area contributed by atoms with Crippen molar-refractivity contribution in [3.63, 3.8) is 0 Å². The van der Waals surface area contributed by atoms with E-state index in [1.807, 2.05) is 36.4 Å². The van der Waals surface area contributed by atoms with Crippen LogP contribution in [0.5, 0.6) is 0 Å². The van der Waals surface area contributed by atoms with E-state index in [9.17, 15) is 9.59 Å². The van der Waals surface area contributed by atoms with Gasteiger partial charge in [-0.2, -0.15) is 5.10 Å². The molecule has 1 amide bonds. The molecule has 0 aliphatic heterocycles. The second kappa shape index (κ2) is 6.41. The Balaban J connectivity index is 1.78. The lowest BCUT2D eigenvalue weighted by molar-refractivity contribution is -0.119. The number of nitrogens with zero attached hydrogens (tertiary/aromatic N) is 2. The molecular formula is C18H15N5O3. The number of imidazole rings is 1. The van der Waals surface area contributed by atoms with Gasteiger partial charge in [0.25, 0.3) is 11.5 Å². The maximum absolute atomic E-state index is 11.9. The van der Waals surface area contributed by atoms with Crippen molar-refractivity contribution in [2.24, 2.45) is 0 Å². The predicted molar refractivity (Wildman–Crippen MR) is 98.0 cm³/mol. The molecule has 3 N–H and O–H groups in total. The van der Waals surface area contributed by atoms with Gasteiger partial charge in [-0.15, -0.1) is 0 Å². The van der Waals surface area contributed by atoms with Crippen LogP contribution in [-0.2, 0) is 9.53 Å². The molecule has 0 bridgehead atoms. The fraction of sp³-hybridized carbons (Fsp3) is 0.111. The summed E-state index contributed by atoms with van der Waals surface area (Å²) in [5.74, 6) is 0.0542. The molecule has 0 spiro atoms. The van der Waals surface area contributed by atoms with Crippen molar-refractivity contribution >= 4 is 33.7 Å². The maximum Gasteiger partial charge on any atom is 0.272 e. The molecular weight excluding hydrogens is 334 g/mol. The van der Waals surface area contributed by atoms with Crippen molar-refractivity contribution in [1.82, 2.24) is 20.2 Å². The summed E-state index contributed by atoms with van der Waals surface area (Å²) in [5, 5.41) is 10.7. The predicted octanol–water partition coefficient (Wildman–Crippen LogP) is 2.05. The van der Waals surface area contributed by atoms with Crippen molar-refractivity contribution in [2.45, 2.75) is 0 Å². The minimum absolute atomic E-state index is 0.0460. The minimum atomic E-state index is -0.292. The highest BCUT2D eigenvalue weighted by Crippen LogP contribution is 2.27. The van der Waals surface area contributed by atoms with Crippen molar-refractivity contribution in [3.8, 4) is 11.3 Å². The van der Waals surface area contributed by atoms with E-state index in [0.29, 0.717) is 22.5 Å². The lowest BCUT2D eigenvalue weighted by Crippen LogP contribution is -2.17. The molecule has 4 rings (SSSR count).